The van der Waals surface area contributed by atoms with Crippen LogP contribution in [0.4, 0.5) is 0 Å². The van der Waals surface area contributed by atoms with Crippen LogP contribution in [0.3, 0.4) is 0 Å². The lowest BCUT2D eigenvalue weighted by molar-refractivity contribution is 0.452. The van der Waals surface area contributed by atoms with Crippen LogP contribution in [0.2, 0.25) is 0 Å². The van der Waals surface area contributed by atoms with Crippen molar-refractivity contribution in [3.63, 3.8) is 0 Å². The molecule has 1 aliphatic rings. The second-order valence-electron chi connectivity index (χ2n) is 5.59. The van der Waals surface area contributed by atoms with Crippen LogP contribution in [-0.4, -0.2) is 7.05 Å². The van der Waals surface area contributed by atoms with Gasteiger partial charge in [-0.25, -0.2) is 0 Å². The van der Waals surface area contributed by atoms with Crippen LogP contribution in [0.1, 0.15) is 40.6 Å². The number of hydrogen-bond acceptors (Lipinski definition) is 1. The highest BCUT2D eigenvalue weighted by Gasteiger charge is 2.27. The van der Waals surface area contributed by atoms with Gasteiger partial charge in [0.25, 0.3) is 0 Å². The average molecular weight is 251 g/mol. The van der Waals surface area contributed by atoms with Gasteiger partial charge in [0.05, 0.1) is 0 Å². The van der Waals surface area contributed by atoms with E-state index in [-0.39, 0.29) is 0 Å². The zero-order chi connectivity index (χ0) is 13.2. The van der Waals surface area contributed by atoms with E-state index in [2.05, 4.69) is 67.8 Å². The van der Waals surface area contributed by atoms with Gasteiger partial charge in [-0.3, -0.25) is 0 Å². The third kappa shape index (κ3) is 2.43. The molecule has 1 aliphatic carbocycles. The Kier molecular flexibility index (Phi) is 3.39. The first-order valence-corrected chi connectivity index (χ1v) is 7.09. The second-order valence-corrected chi connectivity index (χ2v) is 5.59. The summed E-state index contributed by atoms with van der Waals surface area (Å²) in [7, 11) is 2.06. The van der Waals surface area contributed by atoms with Crippen molar-refractivity contribution in [2.24, 2.45) is 0 Å². The molecule has 2 aromatic carbocycles. The summed E-state index contributed by atoms with van der Waals surface area (Å²) in [6, 6.07) is 18.2. The second kappa shape index (κ2) is 5.18. The van der Waals surface area contributed by atoms with E-state index in [1.54, 1.807) is 5.56 Å². The Morgan fingerprint density at radius 3 is 2.53 bits per heavy atom. The Morgan fingerprint density at radius 2 is 1.84 bits per heavy atom. The molecular formula is C18H21N. The third-order valence-electron chi connectivity index (χ3n) is 4.31. The standard InChI is InChI=1S/C18H21N/c1-13-7-9-14(10-8-13)18(19-2)12-16-11-15-5-3-4-6-17(15)16/h3-10,16,18-19H,11-12H2,1-2H3. The predicted octanol–water partition coefficient (Wildman–Crippen LogP) is 3.99. The molecule has 0 aromatic heterocycles. The zero-order valence-electron chi connectivity index (χ0n) is 11.7. The summed E-state index contributed by atoms with van der Waals surface area (Å²) < 4.78 is 0. The molecule has 0 spiro atoms. The van der Waals surface area contributed by atoms with E-state index in [9.17, 15) is 0 Å². The van der Waals surface area contributed by atoms with Crippen molar-refractivity contribution in [3.8, 4) is 0 Å². The molecule has 2 atom stereocenters. The molecule has 0 bridgehead atoms. The molecule has 0 saturated carbocycles. The Labute approximate surface area is 115 Å². The van der Waals surface area contributed by atoms with E-state index in [1.807, 2.05) is 0 Å². The summed E-state index contributed by atoms with van der Waals surface area (Å²) >= 11 is 0. The lowest BCUT2D eigenvalue weighted by Gasteiger charge is -2.33. The maximum absolute atomic E-state index is 3.47. The van der Waals surface area contributed by atoms with Gasteiger partial charge in [-0.05, 0) is 49.4 Å². The van der Waals surface area contributed by atoms with Gasteiger partial charge in [-0.15, -0.1) is 0 Å². The van der Waals surface area contributed by atoms with Crippen LogP contribution in [0.15, 0.2) is 48.5 Å². The van der Waals surface area contributed by atoms with E-state index in [0.717, 1.165) is 5.92 Å². The van der Waals surface area contributed by atoms with E-state index in [0.29, 0.717) is 6.04 Å². The van der Waals surface area contributed by atoms with E-state index < -0.39 is 0 Å². The van der Waals surface area contributed by atoms with Crippen LogP contribution >= 0.6 is 0 Å². The molecule has 2 unspecified atom stereocenters. The van der Waals surface area contributed by atoms with Gasteiger partial charge >= 0.3 is 0 Å². The maximum atomic E-state index is 3.47. The molecule has 19 heavy (non-hydrogen) atoms. The maximum Gasteiger partial charge on any atom is 0.0323 e. The van der Waals surface area contributed by atoms with E-state index in [1.165, 1.54) is 29.5 Å². The van der Waals surface area contributed by atoms with Crippen LogP contribution < -0.4 is 5.32 Å². The highest BCUT2D eigenvalue weighted by molar-refractivity contribution is 5.40. The minimum atomic E-state index is 0.457. The molecule has 0 saturated heterocycles. The van der Waals surface area contributed by atoms with Gasteiger partial charge in [0, 0.05) is 6.04 Å². The van der Waals surface area contributed by atoms with E-state index in [4.69, 9.17) is 0 Å². The number of fused-ring (bicyclic) bond motifs is 1. The lowest BCUT2D eigenvalue weighted by atomic mass is 9.74. The first-order valence-electron chi connectivity index (χ1n) is 7.09. The van der Waals surface area contributed by atoms with Crippen molar-refractivity contribution < 1.29 is 0 Å². The average Bonchev–Trinajstić information content (AvgIpc) is 2.42. The van der Waals surface area contributed by atoms with Gasteiger partial charge in [-0.1, -0.05) is 54.1 Å². The minimum Gasteiger partial charge on any atom is -0.313 e. The molecule has 0 amide bonds. The third-order valence-corrected chi connectivity index (χ3v) is 4.31. The van der Waals surface area contributed by atoms with Crippen LogP contribution in [0, 0.1) is 6.92 Å². The summed E-state index contributed by atoms with van der Waals surface area (Å²) in [4.78, 5) is 0. The summed E-state index contributed by atoms with van der Waals surface area (Å²) in [6.07, 6.45) is 2.43. The number of benzene rings is 2. The molecule has 1 nitrogen and oxygen atoms in total. The van der Waals surface area contributed by atoms with Gasteiger partial charge in [0.2, 0.25) is 0 Å². The fourth-order valence-electron chi connectivity index (χ4n) is 3.08. The van der Waals surface area contributed by atoms with Gasteiger partial charge in [0.15, 0.2) is 0 Å². The van der Waals surface area contributed by atoms with Crippen molar-refractivity contribution >= 4 is 0 Å². The highest BCUT2D eigenvalue weighted by atomic mass is 14.9. The first kappa shape index (κ1) is 12.4. The molecular weight excluding hydrogens is 230 g/mol. The number of nitrogens with one attached hydrogen (secondary N) is 1. The summed E-state index contributed by atoms with van der Waals surface area (Å²) in [5.74, 6) is 0.718. The number of rotatable bonds is 4. The SMILES string of the molecule is CNC(CC1Cc2ccccc21)c1ccc(C)cc1. The Morgan fingerprint density at radius 1 is 1.11 bits per heavy atom. The Hall–Kier alpha value is -1.60. The fraction of sp³-hybridized carbons (Fsp3) is 0.333. The van der Waals surface area contributed by atoms with Crippen molar-refractivity contribution in [2.75, 3.05) is 7.05 Å². The van der Waals surface area contributed by atoms with Crippen LogP contribution in [-0.2, 0) is 6.42 Å². The molecule has 3 rings (SSSR count). The Balaban J connectivity index is 1.73. The zero-order valence-corrected chi connectivity index (χ0v) is 11.7. The molecule has 0 fully saturated rings. The monoisotopic (exact) mass is 251 g/mol. The van der Waals surface area contributed by atoms with E-state index >= 15 is 0 Å². The molecule has 0 heterocycles. The molecule has 0 aliphatic heterocycles. The van der Waals surface area contributed by atoms with Crippen LogP contribution in [0.5, 0.6) is 0 Å². The number of hydrogen-bond donors (Lipinski definition) is 1. The van der Waals surface area contributed by atoms with Crippen LogP contribution in [0.25, 0.3) is 0 Å². The van der Waals surface area contributed by atoms with Gasteiger partial charge < -0.3 is 5.32 Å². The largest absolute Gasteiger partial charge is 0.313 e. The fourth-order valence-corrected chi connectivity index (χ4v) is 3.08. The van der Waals surface area contributed by atoms with Gasteiger partial charge in [0.1, 0.15) is 0 Å². The smallest absolute Gasteiger partial charge is 0.0323 e. The van der Waals surface area contributed by atoms with Crippen molar-refractivity contribution in [1.82, 2.24) is 5.32 Å². The quantitative estimate of drug-likeness (QED) is 0.866. The van der Waals surface area contributed by atoms with Crippen molar-refractivity contribution in [1.29, 1.82) is 0 Å². The molecule has 1 N–H and O–H groups in total. The summed E-state index contributed by atoms with van der Waals surface area (Å²) in [5.41, 5.74) is 5.81. The number of aryl methyl sites for hydroxylation is 1. The van der Waals surface area contributed by atoms with Gasteiger partial charge in [-0.2, -0.15) is 0 Å². The molecule has 0 radical (unpaired) electrons. The molecule has 98 valence electrons. The lowest BCUT2D eigenvalue weighted by Crippen LogP contribution is -2.24. The Bertz CT molecular complexity index is 556. The molecule has 2 aromatic rings. The summed E-state index contributed by atoms with van der Waals surface area (Å²) in [6.45, 7) is 2.14. The normalized spacial score (nSPS) is 18.5. The predicted molar refractivity (Wildman–Crippen MR) is 80.5 cm³/mol. The first-order chi connectivity index (χ1) is 9.28. The van der Waals surface area contributed by atoms with Crippen molar-refractivity contribution in [3.05, 3.63) is 70.8 Å². The topological polar surface area (TPSA) is 12.0 Å². The van der Waals surface area contributed by atoms with Crippen molar-refractivity contribution in [2.45, 2.75) is 31.7 Å². The molecule has 1 heteroatoms. The minimum absolute atomic E-state index is 0.457. The summed E-state index contributed by atoms with van der Waals surface area (Å²) in [5, 5.41) is 3.47. The highest BCUT2D eigenvalue weighted by Crippen LogP contribution is 2.40.